The number of aromatic nitrogens is 2. The van der Waals surface area contributed by atoms with Crippen molar-refractivity contribution < 1.29 is 9.66 Å². The summed E-state index contributed by atoms with van der Waals surface area (Å²) < 4.78 is 5.07. The van der Waals surface area contributed by atoms with Crippen LogP contribution in [0.15, 0.2) is 30.5 Å². The van der Waals surface area contributed by atoms with Gasteiger partial charge in [-0.25, -0.2) is 9.97 Å². The lowest BCUT2D eigenvalue weighted by Gasteiger charge is -2.07. The molecule has 0 aliphatic heterocycles. The highest BCUT2D eigenvalue weighted by Gasteiger charge is 2.10. The predicted octanol–water partition coefficient (Wildman–Crippen LogP) is 1.99. The zero-order chi connectivity index (χ0) is 15.2. The van der Waals surface area contributed by atoms with Crippen molar-refractivity contribution >= 4 is 5.69 Å². The SMILES string of the molecule is COc1cc(CNCc2ccnc(C)n2)cc([N+](=O)[O-])c1. The number of methoxy groups -OCH3 is 1. The predicted molar refractivity (Wildman–Crippen MR) is 77.0 cm³/mol. The third-order valence-electron chi connectivity index (χ3n) is 2.87. The van der Waals surface area contributed by atoms with Gasteiger partial charge in [0.2, 0.25) is 0 Å². The number of hydrogen-bond donors (Lipinski definition) is 1. The highest BCUT2D eigenvalue weighted by molar-refractivity contribution is 5.42. The van der Waals surface area contributed by atoms with Gasteiger partial charge in [-0.15, -0.1) is 0 Å². The van der Waals surface area contributed by atoms with Crippen molar-refractivity contribution in [1.29, 1.82) is 0 Å². The van der Waals surface area contributed by atoms with E-state index in [0.717, 1.165) is 11.3 Å². The molecule has 110 valence electrons. The third kappa shape index (κ3) is 4.22. The summed E-state index contributed by atoms with van der Waals surface area (Å²) in [5.41, 5.74) is 1.68. The summed E-state index contributed by atoms with van der Waals surface area (Å²) in [5, 5.41) is 14.1. The fourth-order valence-electron chi connectivity index (χ4n) is 1.91. The maximum Gasteiger partial charge on any atom is 0.273 e. The molecule has 0 saturated carbocycles. The molecule has 0 amide bonds. The molecule has 7 heteroatoms. The van der Waals surface area contributed by atoms with Gasteiger partial charge in [0.15, 0.2) is 0 Å². The number of aryl methyl sites for hydroxylation is 1. The number of hydrogen-bond acceptors (Lipinski definition) is 6. The van der Waals surface area contributed by atoms with Gasteiger partial charge in [0.25, 0.3) is 5.69 Å². The van der Waals surface area contributed by atoms with E-state index in [9.17, 15) is 10.1 Å². The first-order chi connectivity index (χ1) is 10.1. The largest absolute Gasteiger partial charge is 0.496 e. The second-order valence-corrected chi connectivity index (χ2v) is 4.50. The van der Waals surface area contributed by atoms with E-state index in [1.807, 2.05) is 13.0 Å². The molecule has 7 nitrogen and oxygen atoms in total. The second-order valence-electron chi connectivity index (χ2n) is 4.50. The average Bonchev–Trinajstić information content (AvgIpc) is 2.47. The van der Waals surface area contributed by atoms with Gasteiger partial charge in [0, 0.05) is 25.4 Å². The number of nitrogens with zero attached hydrogens (tertiary/aromatic N) is 3. The van der Waals surface area contributed by atoms with Crippen molar-refractivity contribution in [3.05, 3.63) is 57.7 Å². The minimum atomic E-state index is -0.431. The molecule has 1 aromatic carbocycles. The van der Waals surface area contributed by atoms with E-state index in [1.54, 1.807) is 12.3 Å². The van der Waals surface area contributed by atoms with Crippen LogP contribution in [0.5, 0.6) is 5.75 Å². The number of nitro benzene ring substituents is 1. The van der Waals surface area contributed by atoms with Crippen LogP contribution in [0.4, 0.5) is 5.69 Å². The third-order valence-corrected chi connectivity index (χ3v) is 2.87. The van der Waals surface area contributed by atoms with Crippen LogP contribution >= 0.6 is 0 Å². The minimum Gasteiger partial charge on any atom is -0.496 e. The van der Waals surface area contributed by atoms with Crippen LogP contribution < -0.4 is 10.1 Å². The number of benzene rings is 1. The fourth-order valence-corrected chi connectivity index (χ4v) is 1.91. The molecule has 0 bridgehead atoms. The number of rotatable bonds is 6. The molecule has 1 aromatic heterocycles. The molecule has 0 radical (unpaired) electrons. The zero-order valence-electron chi connectivity index (χ0n) is 11.9. The van der Waals surface area contributed by atoms with Crippen LogP contribution in [0.3, 0.4) is 0 Å². The number of nitro groups is 1. The molecule has 2 rings (SSSR count). The Bertz CT molecular complexity index is 646. The van der Waals surface area contributed by atoms with Crippen molar-refractivity contribution in [3.63, 3.8) is 0 Å². The van der Waals surface area contributed by atoms with Crippen molar-refractivity contribution in [2.24, 2.45) is 0 Å². The lowest BCUT2D eigenvalue weighted by Crippen LogP contribution is -2.14. The number of non-ortho nitro benzene ring substituents is 1. The summed E-state index contributed by atoms with van der Waals surface area (Å²) in [5.74, 6) is 1.19. The van der Waals surface area contributed by atoms with E-state index in [2.05, 4.69) is 15.3 Å². The van der Waals surface area contributed by atoms with Gasteiger partial charge in [0.1, 0.15) is 11.6 Å². The van der Waals surface area contributed by atoms with Crippen molar-refractivity contribution in [2.45, 2.75) is 20.0 Å². The van der Waals surface area contributed by atoms with Crippen LogP contribution in [0.25, 0.3) is 0 Å². The van der Waals surface area contributed by atoms with E-state index in [-0.39, 0.29) is 5.69 Å². The molecular formula is C14H16N4O3. The summed E-state index contributed by atoms with van der Waals surface area (Å²) in [6.45, 7) is 2.88. The second kappa shape index (κ2) is 6.76. The van der Waals surface area contributed by atoms with Gasteiger partial charge in [-0.3, -0.25) is 10.1 Å². The molecular weight excluding hydrogens is 272 g/mol. The first-order valence-corrected chi connectivity index (χ1v) is 6.40. The monoisotopic (exact) mass is 288 g/mol. The highest BCUT2D eigenvalue weighted by Crippen LogP contribution is 2.22. The molecule has 0 aliphatic carbocycles. The van der Waals surface area contributed by atoms with Gasteiger partial charge < -0.3 is 10.1 Å². The maximum atomic E-state index is 10.9. The minimum absolute atomic E-state index is 0.0176. The number of nitrogens with one attached hydrogen (secondary N) is 1. The Labute approximate surface area is 122 Å². The molecule has 0 aliphatic rings. The average molecular weight is 288 g/mol. The fraction of sp³-hybridized carbons (Fsp3) is 0.286. The lowest BCUT2D eigenvalue weighted by atomic mass is 10.2. The van der Waals surface area contributed by atoms with Crippen LogP contribution in [-0.2, 0) is 13.1 Å². The van der Waals surface area contributed by atoms with Gasteiger partial charge in [-0.05, 0) is 24.6 Å². The lowest BCUT2D eigenvalue weighted by molar-refractivity contribution is -0.385. The zero-order valence-corrected chi connectivity index (χ0v) is 11.9. The van der Waals surface area contributed by atoms with Crippen molar-refractivity contribution in [1.82, 2.24) is 15.3 Å². The van der Waals surface area contributed by atoms with E-state index < -0.39 is 4.92 Å². The maximum absolute atomic E-state index is 10.9. The summed E-state index contributed by atoms with van der Waals surface area (Å²) in [4.78, 5) is 18.7. The van der Waals surface area contributed by atoms with Gasteiger partial charge >= 0.3 is 0 Å². The van der Waals surface area contributed by atoms with Crippen molar-refractivity contribution in [3.8, 4) is 5.75 Å². The van der Waals surface area contributed by atoms with E-state index >= 15 is 0 Å². The summed E-state index contributed by atoms with van der Waals surface area (Å²) >= 11 is 0. The molecule has 0 fully saturated rings. The molecule has 1 heterocycles. The molecule has 0 atom stereocenters. The topological polar surface area (TPSA) is 90.2 Å². The van der Waals surface area contributed by atoms with Crippen LogP contribution in [0.1, 0.15) is 17.1 Å². The Morgan fingerprint density at radius 1 is 1.33 bits per heavy atom. The molecule has 0 spiro atoms. The normalized spacial score (nSPS) is 10.4. The van der Waals surface area contributed by atoms with Crippen LogP contribution in [0.2, 0.25) is 0 Å². The van der Waals surface area contributed by atoms with E-state index in [1.165, 1.54) is 19.2 Å². The summed E-state index contributed by atoms with van der Waals surface area (Å²) in [7, 11) is 1.49. The summed E-state index contributed by atoms with van der Waals surface area (Å²) in [6, 6.07) is 6.53. The Morgan fingerprint density at radius 3 is 2.81 bits per heavy atom. The Balaban J connectivity index is 2.02. The standard InChI is InChI=1S/C14H16N4O3/c1-10-16-4-3-12(17-10)9-15-8-11-5-13(18(19)20)7-14(6-11)21-2/h3-7,15H,8-9H2,1-2H3. The molecule has 0 unspecified atom stereocenters. The molecule has 2 aromatic rings. The van der Waals surface area contributed by atoms with Gasteiger partial charge in [-0.1, -0.05) is 0 Å². The van der Waals surface area contributed by atoms with Crippen molar-refractivity contribution in [2.75, 3.05) is 7.11 Å². The highest BCUT2D eigenvalue weighted by atomic mass is 16.6. The van der Waals surface area contributed by atoms with Gasteiger partial charge in [0.05, 0.1) is 23.8 Å². The van der Waals surface area contributed by atoms with Crippen LogP contribution in [0, 0.1) is 17.0 Å². The van der Waals surface area contributed by atoms with E-state index in [0.29, 0.717) is 24.7 Å². The smallest absolute Gasteiger partial charge is 0.273 e. The number of ether oxygens (including phenoxy) is 1. The van der Waals surface area contributed by atoms with Gasteiger partial charge in [-0.2, -0.15) is 0 Å². The molecule has 21 heavy (non-hydrogen) atoms. The Hall–Kier alpha value is -2.54. The Kier molecular flexibility index (Phi) is 4.78. The van der Waals surface area contributed by atoms with Crippen LogP contribution in [-0.4, -0.2) is 22.0 Å². The molecule has 0 saturated heterocycles. The molecule has 1 N–H and O–H groups in total. The first kappa shape index (κ1) is 14.9. The Morgan fingerprint density at radius 2 is 2.14 bits per heavy atom. The quantitative estimate of drug-likeness (QED) is 0.645. The first-order valence-electron chi connectivity index (χ1n) is 6.40. The summed E-state index contributed by atoms with van der Waals surface area (Å²) in [6.07, 6.45) is 1.70. The van der Waals surface area contributed by atoms with E-state index in [4.69, 9.17) is 4.74 Å².